The van der Waals surface area contributed by atoms with E-state index in [1.165, 1.54) is 13.5 Å². The Labute approximate surface area is 211 Å². The van der Waals surface area contributed by atoms with E-state index in [4.69, 9.17) is 4.52 Å². The topological polar surface area (TPSA) is 105 Å². The smallest absolute Gasteiger partial charge is 0.243 e. The number of amides is 2. The quantitative estimate of drug-likeness (QED) is 0.310. The molecule has 0 saturated heterocycles. The summed E-state index contributed by atoms with van der Waals surface area (Å²) >= 11 is 0. The summed E-state index contributed by atoms with van der Waals surface area (Å²) in [6.45, 7) is 5.77. The van der Waals surface area contributed by atoms with Crippen molar-refractivity contribution in [2.45, 2.75) is 96.5 Å². The Balaban J connectivity index is 2.12. The van der Waals surface area contributed by atoms with Crippen LogP contribution in [-0.4, -0.2) is 48.1 Å². The van der Waals surface area contributed by atoms with Gasteiger partial charge in [0.1, 0.15) is 5.85 Å². The van der Waals surface area contributed by atoms with Crippen LogP contribution in [0.5, 0.6) is 0 Å². The molecule has 1 aromatic rings. The average Bonchev–Trinajstić information content (AvgIpc) is 2.86. The number of imide groups is 1. The van der Waals surface area contributed by atoms with Crippen LogP contribution in [0.4, 0.5) is 0 Å². The SMILES string of the molecule is CCP(=O)(OC)C(O)C(CC1CCCCC1)N[C@@H](CC(C)C)C(=O)NC(=O)CCc1ccccc1. The Morgan fingerprint density at radius 3 is 2.37 bits per heavy atom. The van der Waals surface area contributed by atoms with Crippen LogP contribution in [0, 0.1) is 11.8 Å². The Morgan fingerprint density at radius 1 is 1.14 bits per heavy atom. The first-order chi connectivity index (χ1) is 16.7. The summed E-state index contributed by atoms with van der Waals surface area (Å²) in [5.41, 5.74) is 1.04. The zero-order chi connectivity index (χ0) is 25.8. The highest BCUT2D eigenvalue weighted by molar-refractivity contribution is 7.59. The second-order valence-corrected chi connectivity index (χ2v) is 13.2. The van der Waals surface area contributed by atoms with Crippen LogP contribution in [0.15, 0.2) is 30.3 Å². The van der Waals surface area contributed by atoms with Gasteiger partial charge in [-0.1, -0.05) is 83.2 Å². The summed E-state index contributed by atoms with van der Waals surface area (Å²) in [6.07, 6.45) is 7.74. The van der Waals surface area contributed by atoms with Gasteiger partial charge < -0.3 is 9.63 Å². The van der Waals surface area contributed by atoms with Gasteiger partial charge in [0.2, 0.25) is 19.2 Å². The Morgan fingerprint density at radius 2 is 1.80 bits per heavy atom. The third-order valence-corrected chi connectivity index (χ3v) is 9.68. The molecule has 3 unspecified atom stereocenters. The van der Waals surface area contributed by atoms with Crippen LogP contribution >= 0.6 is 7.37 Å². The normalized spacial score (nSPS) is 19.0. The van der Waals surface area contributed by atoms with E-state index in [0.717, 1.165) is 31.2 Å². The highest BCUT2D eigenvalue weighted by Gasteiger charge is 2.39. The Kier molecular flexibility index (Phi) is 12.6. The molecule has 0 bridgehead atoms. The molecule has 0 radical (unpaired) electrons. The lowest BCUT2D eigenvalue weighted by Crippen LogP contribution is -2.54. The number of hydrogen-bond acceptors (Lipinski definition) is 6. The van der Waals surface area contributed by atoms with Crippen LogP contribution in [-0.2, 0) is 25.1 Å². The predicted molar refractivity (Wildman–Crippen MR) is 140 cm³/mol. The summed E-state index contributed by atoms with van der Waals surface area (Å²) in [5, 5.41) is 17.0. The van der Waals surface area contributed by atoms with E-state index in [1.54, 1.807) is 6.92 Å². The molecule has 1 fully saturated rings. The summed E-state index contributed by atoms with van der Waals surface area (Å²) in [5.74, 6) is -1.36. The molecule has 1 aliphatic carbocycles. The van der Waals surface area contributed by atoms with Crippen LogP contribution < -0.4 is 10.6 Å². The number of aliphatic hydroxyl groups excluding tert-OH is 1. The van der Waals surface area contributed by atoms with Crippen LogP contribution in [0.2, 0.25) is 0 Å². The van der Waals surface area contributed by atoms with Crippen molar-refractivity contribution >= 4 is 19.2 Å². The van der Waals surface area contributed by atoms with E-state index < -0.39 is 31.2 Å². The lowest BCUT2D eigenvalue weighted by atomic mass is 9.84. The molecule has 198 valence electrons. The van der Waals surface area contributed by atoms with E-state index in [2.05, 4.69) is 10.6 Å². The van der Waals surface area contributed by atoms with Crippen molar-refractivity contribution in [3.63, 3.8) is 0 Å². The largest absolute Gasteiger partial charge is 0.381 e. The number of aryl methyl sites for hydroxylation is 1. The summed E-state index contributed by atoms with van der Waals surface area (Å²) in [7, 11) is -1.92. The first kappa shape index (κ1) is 29.7. The van der Waals surface area contributed by atoms with E-state index in [0.29, 0.717) is 25.2 Å². The second-order valence-electron chi connectivity index (χ2n) is 10.2. The minimum atomic E-state index is -3.29. The predicted octanol–water partition coefficient (Wildman–Crippen LogP) is 4.87. The van der Waals surface area contributed by atoms with Crippen molar-refractivity contribution in [3.8, 4) is 0 Å². The molecular formula is C27H45N2O5P. The van der Waals surface area contributed by atoms with Crippen molar-refractivity contribution in [2.24, 2.45) is 11.8 Å². The molecule has 1 aliphatic rings. The number of hydrogen-bond donors (Lipinski definition) is 3. The first-order valence-corrected chi connectivity index (χ1v) is 15.0. The molecule has 2 amide bonds. The zero-order valence-electron chi connectivity index (χ0n) is 21.9. The molecule has 8 heteroatoms. The second kappa shape index (κ2) is 14.9. The average molecular weight is 509 g/mol. The van der Waals surface area contributed by atoms with E-state index in [-0.39, 0.29) is 24.4 Å². The van der Waals surface area contributed by atoms with Gasteiger partial charge in [-0.2, -0.15) is 0 Å². The number of rotatable bonds is 14. The van der Waals surface area contributed by atoms with Crippen LogP contribution in [0.25, 0.3) is 0 Å². The van der Waals surface area contributed by atoms with Gasteiger partial charge in [0.25, 0.3) is 0 Å². The van der Waals surface area contributed by atoms with Gasteiger partial charge in [-0.15, -0.1) is 0 Å². The van der Waals surface area contributed by atoms with Gasteiger partial charge in [0, 0.05) is 25.7 Å². The minimum Gasteiger partial charge on any atom is -0.381 e. The fourth-order valence-corrected chi connectivity index (χ4v) is 6.53. The van der Waals surface area contributed by atoms with Gasteiger partial charge in [0.15, 0.2) is 0 Å². The summed E-state index contributed by atoms with van der Waals surface area (Å²) in [6, 6.07) is 8.45. The lowest BCUT2D eigenvalue weighted by Gasteiger charge is -2.35. The first-order valence-electron chi connectivity index (χ1n) is 13.1. The van der Waals surface area contributed by atoms with Crippen molar-refractivity contribution < 1.29 is 23.8 Å². The monoisotopic (exact) mass is 508 g/mol. The molecule has 4 atom stereocenters. The van der Waals surface area contributed by atoms with Crippen molar-refractivity contribution in [1.29, 1.82) is 0 Å². The molecule has 0 aliphatic heterocycles. The Bertz CT molecular complexity index is 818. The molecule has 35 heavy (non-hydrogen) atoms. The van der Waals surface area contributed by atoms with E-state index in [1.807, 2.05) is 44.2 Å². The molecule has 0 heterocycles. The number of nitrogens with one attached hydrogen (secondary N) is 2. The van der Waals surface area contributed by atoms with Crippen LogP contribution in [0.3, 0.4) is 0 Å². The van der Waals surface area contributed by atoms with Gasteiger partial charge >= 0.3 is 0 Å². The minimum absolute atomic E-state index is 0.186. The van der Waals surface area contributed by atoms with Crippen molar-refractivity contribution in [1.82, 2.24) is 10.6 Å². The molecule has 7 nitrogen and oxygen atoms in total. The highest BCUT2D eigenvalue weighted by atomic mass is 31.2. The standard InChI is InChI=1S/C27H45N2O5P/c1-5-35(33,34-4)27(32)24(19-22-14-10-7-11-15-22)28-23(18-20(2)3)26(31)29-25(30)17-16-21-12-8-6-9-13-21/h6,8-9,12-13,20,22-24,27-28,32H,5,7,10-11,14-19H2,1-4H3,(H,29,30,31)/t23-,24?,27?,35?/m0/s1. The Hall–Kier alpha value is -1.53. The van der Waals surface area contributed by atoms with Crippen LogP contribution in [0.1, 0.15) is 77.7 Å². The third kappa shape index (κ3) is 9.80. The molecule has 1 saturated carbocycles. The third-order valence-electron chi connectivity index (χ3n) is 7.01. The van der Waals surface area contributed by atoms with Gasteiger partial charge in [-0.25, -0.2) is 0 Å². The maximum atomic E-state index is 13.2. The van der Waals surface area contributed by atoms with Crippen molar-refractivity contribution in [2.75, 3.05) is 13.3 Å². The molecule has 0 aromatic heterocycles. The van der Waals surface area contributed by atoms with Gasteiger partial charge in [-0.05, 0) is 36.7 Å². The van der Waals surface area contributed by atoms with Gasteiger partial charge in [-0.3, -0.25) is 24.8 Å². The fourth-order valence-electron chi connectivity index (χ4n) is 4.93. The molecule has 0 spiro atoms. The lowest BCUT2D eigenvalue weighted by molar-refractivity contribution is -0.132. The number of benzene rings is 1. The van der Waals surface area contributed by atoms with Crippen molar-refractivity contribution in [3.05, 3.63) is 35.9 Å². The van der Waals surface area contributed by atoms with E-state index in [9.17, 15) is 19.3 Å². The molecule has 3 N–H and O–H groups in total. The summed E-state index contributed by atoms with van der Waals surface area (Å²) in [4.78, 5) is 25.7. The fraction of sp³-hybridized carbons (Fsp3) is 0.704. The maximum absolute atomic E-state index is 13.2. The molecular weight excluding hydrogens is 463 g/mol. The highest BCUT2D eigenvalue weighted by Crippen LogP contribution is 2.51. The summed E-state index contributed by atoms with van der Waals surface area (Å²) < 4.78 is 18.5. The zero-order valence-corrected chi connectivity index (χ0v) is 22.8. The number of aliphatic hydroxyl groups is 1. The molecule has 2 rings (SSSR count). The number of carbonyl (C=O) groups excluding carboxylic acids is 2. The molecule has 1 aromatic carbocycles. The van der Waals surface area contributed by atoms with Gasteiger partial charge in [0.05, 0.1) is 6.04 Å². The van der Waals surface area contributed by atoms with E-state index >= 15 is 0 Å². The maximum Gasteiger partial charge on any atom is 0.243 e. The number of carbonyl (C=O) groups is 2.